The monoisotopic (exact) mass is 1100 g/mol. The fourth-order valence-corrected chi connectivity index (χ4v) is 13.8. The van der Waals surface area contributed by atoms with E-state index in [-0.39, 0.29) is 0 Å². The van der Waals surface area contributed by atoms with E-state index < -0.39 is 0 Å². The van der Waals surface area contributed by atoms with Crippen molar-refractivity contribution in [2.75, 3.05) is 0 Å². The Morgan fingerprint density at radius 1 is 0.244 bits per heavy atom. The Hall–Kier alpha value is -11.7. The zero-order valence-electron chi connectivity index (χ0n) is 46.0. The Morgan fingerprint density at radius 3 is 1.16 bits per heavy atom. The maximum absolute atomic E-state index is 6.38. The molecule has 0 aliphatic rings. The Bertz CT molecular complexity index is 5930. The molecular weight excluding hydrogens is 1050 g/mol. The molecule has 0 aliphatic heterocycles. The molecular formula is C79H45N5O2. The molecule has 13 aromatic carbocycles. The highest BCUT2D eigenvalue weighted by Crippen LogP contribution is 2.47. The lowest BCUT2D eigenvalue weighted by Crippen LogP contribution is -2.04. The minimum absolute atomic E-state index is 0.552. The zero-order valence-corrected chi connectivity index (χ0v) is 46.0. The molecule has 0 radical (unpaired) electrons. The molecule has 86 heavy (non-hydrogen) atoms. The van der Waals surface area contributed by atoms with E-state index in [1.54, 1.807) is 0 Å². The standard InChI is InChI=1S/C79H45N5O2/c1-3-15-48-39-50(27-25-46(48)13-1)52-29-33-68-62(41-52)76-70(83(68)78-58-19-5-9-21-64(58)80-65-22-10-6-20-59(65)78)35-36-71-77(76)63-42-53(51-28-26-47-14-2-4-16-49(47)40-51)30-34-69(63)84(71)79-81-66(54-31-37-74-60(43-54)56-17-7-11-23-72(56)85-74)45-67(82-79)55-32-38-75-61(44-55)57-18-8-12-24-73(57)86-75/h1-45H. The number of aromatic nitrogens is 5. The molecule has 0 amide bonds. The van der Waals surface area contributed by atoms with Crippen LogP contribution in [0, 0.1) is 0 Å². The van der Waals surface area contributed by atoms with E-state index in [0.717, 1.165) is 160 Å². The minimum atomic E-state index is 0.552. The molecule has 7 heteroatoms. The SMILES string of the molecule is c1ccc2cc(-c3ccc4c(c3)c3c5c6cc(-c7ccc8ccccc8c7)ccc6n(-c6c7ccccc7nc7ccccc67)c5ccc3n4-c3nc(-c4ccc5oc6ccccc6c5c4)cc(-c4ccc5oc6ccccc6c5c4)n3)ccc2c1. The summed E-state index contributed by atoms with van der Waals surface area (Å²) in [4.78, 5) is 16.6. The first-order valence-electron chi connectivity index (χ1n) is 29.1. The van der Waals surface area contributed by atoms with Crippen molar-refractivity contribution in [1.29, 1.82) is 0 Å². The first-order valence-corrected chi connectivity index (χ1v) is 29.1. The predicted octanol–water partition coefficient (Wildman–Crippen LogP) is 21.1. The van der Waals surface area contributed by atoms with Crippen LogP contribution in [0.2, 0.25) is 0 Å². The second-order valence-electron chi connectivity index (χ2n) is 22.7. The number of benzene rings is 13. The molecule has 0 fully saturated rings. The minimum Gasteiger partial charge on any atom is -0.456 e. The normalized spacial score (nSPS) is 12.2. The van der Waals surface area contributed by atoms with Crippen LogP contribution >= 0.6 is 0 Å². The lowest BCUT2D eigenvalue weighted by Gasteiger charge is -2.15. The van der Waals surface area contributed by atoms with Gasteiger partial charge in [-0.1, -0.05) is 158 Å². The molecule has 0 bridgehead atoms. The number of para-hydroxylation sites is 4. The number of rotatable bonds is 6. The van der Waals surface area contributed by atoms with Crippen LogP contribution in [0.15, 0.2) is 282 Å². The average molecular weight is 1100 g/mol. The zero-order chi connectivity index (χ0) is 56.1. The highest BCUT2D eigenvalue weighted by molar-refractivity contribution is 6.30. The molecule has 0 saturated carbocycles. The summed E-state index contributed by atoms with van der Waals surface area (Å²) < 4.78 is 17.6. The van der Waals surface area contributed by atoms with Gasteiger partial charge in [0.1, 0.15) is 22.3 Å². The summed E-state index contributed by atoms with van der Waals surface area (Å²) in [5.41, 5.74) is 18.5. The number of fused-ring (bicyclic) bond motifs is 17. The van der Waals surface area contributed by atoms with Gasteiger partial charge < -0.3 is 13.4 Å². The van der Waals surface area contributed by atoms with Gasteiger partial charge in [0.2, 0.25) is 5.95 Å². The third-order valence-electron chi connectivity index (χ3n) is 17.9. The topological polar surface area (TPSA) is 74.8 Å². The van der Waals surface area contributed by atoms with Crippen LogP contribution in [0.25, 0.3) is 187 Å². The number of hydrogen-bond acceptors (Lipinski definition) is 5. The quantitative estimate of drug-likeness (QED) is 0.155. The Balaban J connectivity index is 0.947. The first-order chi connectivity index (χ1) is 42.6. The van der Waals surface area contributed by atoms with Crippen molar-refractivity contribution in [2.24, 2.45) is 0 Å². The molecule has 6 heterocycles. The van der Waals surface area contributed by atoms with Crippen molar-refractivity contribution >= 4 is 131 Å². The van der Waals surface area contributed by atoms with Crippen LogP contribution < -0.4 is 0 Å². The van der Waals surface area contributed by atoms with Crippen molar-refractivity contribution in [3.05, 3.63) is 273 Å². The number of hydrogen-bond donors (Lipinski definition) is 0. The molecule has 19 rings (SSSR count). The second-order valence-corrected chi connectivity index (χ2v) is 22.7. The summed E-state index contributed by atoms with van der Waals surface area (Å²) in [5, 5.41) is 15.6. The van der Waals surface area contributed by atoms with Gasteiger partial charge in [0.15, 0.2) is 0 Å². The van der Waals surface area contributed by atoms with E-state index in [4.69, 9.17) is 23.8 Å². The first kappa shape index (κ1) is 46.9. The number of pyridine rings is 1. The van der Waals surface area contributed by atoms with E-state index in [2.05, 4.69) is 258 Å². The Morgan fingerprint density at radius 2 is 0.628 bits per heavy atom. The van der Waals surface area contributed by atoms with Crippen molar-refractivity contribution in [3.8, 4) is 56.4 Å². The number of furan rings is 2. The molecule has 0 aliphatic carbocycles. The van der Waals surface area contributed by atoms with Gasteiger partial charge in [-0.25, -0.2) is 15.0 Å². The largest absolute Gasteiger partial charge is 0.456 e. The Labute approximate surface area is 490 Å². The van der Waals surface area contributed by atoms with E-state index in [1.807, 2.05) is 24.3 Å². The lowest BCUT2D eigenvalue weighted by atomic mass is 9.97. The molecule has 0 spiro atoms. The summed E-state index contributed by atoms with van der Waals surface area (Å²) in [6, 6.07) is 97.9. The molecule has 19 aromatic rings. The molecule has 398 valence electrons. The van der Waals surface area contributed by atoms with Gasteiger partial charge in [0, 0.05) is 65.0 Å². The van der Waals surface area contributed by atoms with Crippen molar-refractivity contribution in [3.63, 3.8) is 0 Å². The highest BCUT2D eigenvalue weighted by Gasteiger charge is 2.26. The third kappa shape index (κ3) is 7.00. The van der Waals surface area contributed by atoms with Gasteiger partial charge >= 0.3 is 0 Å². The van der Waals surface area contributed by atoms with Gasteiger partial charge in [-0.15, -0.1) is 0 Å². The van der Waals surface area contributed by atoms with Gasteiger partial charge in [0.25, 0.3) is 0 Å². The van der Waals surface area contributed by atoms with Gasteiger partial charge in [-0.2, -0.15) is 0 Å². The van der Waals surface area contributed by atoms with E-state index in [0.29, 0.717) is 5.95 Å². The maximum Gasteiger partial charge on any atom is 0.235 e. The summed E-state index contributed by atoms with van der Waals surface area (Å²) >= 11 is 0. The fraction of sp³-hybridized carbons (Fsp3) is 0. The van der Waals surface area contributed by atoms with Gasteiger partial charge in [0.05, 0.1) is 50.2 Å². The van der Waals surface area contributed by atoms with Crippen molar-refractivity contribution in [1.82, 2.24) is 24.1 Å². The molecule has 7 nitrogen and oxygen atoms in total. The molecule has 0 unspecified atom stereocenters. The maximum atomic E-state index is 6.38. The molecule has 0 atom stereocenters. The van der Waals surface area contributed by atoms with E-state index in [1.165, 1.54) is 21.5 Å². The summed E-state index contributed by atoms with van der Waals surface area (Å²) in [6.07, 6.45) is 0. The average Bonchev–Trinajstić information content (AvgIpc) is 2.66. The van der Waals surface area contributed by atoms with Crippen molar-refractivity contribution in [2.45, 2.75) is 0 Å². The Kier molecular flexibility index (Phi) is 9.77. The molecule has 0 saturated heterocycles. The van der Waals surface area contributed by atoms with Crippen LogP contribution in [0.1, 0.15) is 0 Å². The predicted molar refractivity (Wildman–Crippen MR) is 355 cm³/mol. The fourth-order valence-electron chi connectivity index (χ4n) is 13.8. The van der Waals surface area contributed by atoms with E-state index >= 15 is 0 Å². The molecule has 0 N–H and O–H groups in total. The van der Waals surface area contributed by atoms with Crippen molar-refractivity contribution < 1.29 is 8.83 Å². The van der Waals surface area contributed by atoms with Crippen LogP contribution in [0.4, 0.5) is 0 Å². The van der Waals surface area contributed by atoms with Gasteiger partial charge in [-0.3, -0.25) is 4.57 Å². The summed E-state index contributed by atoms with van der Waals surface area (Å²) in [5.74, 6) is 0.552. The highest BCUT2D eigenvalue weighted by atomic mass is 16.3. The summed E-state index contributed by atoms with van der Waals surface area (Å²) in [7, 11) is 0. The summed E-state index contributed by atoms with van der Waals surface area (Å²) in [6.45, 7) is 0. The second kappa shape index (κ2) is 17.9. The van der Waals surface area contributed by atoms with Crippen LogP contribution in [0.5, 0.6) is 0 Å². The lowest BCUT2D eigenvalue weighted by molar-refractivity contribution is 0.668. The third-order valence-corrected chi connectivity index (χ3v) is 17.9. The smallest absolute Gasteiger partial charge is 0.235 e. The molecule has 6 aromatic heterocycles. The number of nitrogens with zero attached hydrogens (tertiary/aromatic N) is 5. The van der Waals surface area contributed by atoms with Crippen LogP contribution in [-0.2, 0) is 0 Å². The van der Waals surface area contributed by atoms with Crippen LogP contribution in [-0.4, -0.2) is 24.1 Å². The van der Waals surface area contributed by atoms with E-state index in [9.17, 15) is 0 Å². The van der Waals surface area contributed by atoms with Gasteiger partial charge in [-0.05, 0) is 159 Å². The van der Waals surface area contributed by atoms with Crippen LogP contribution in [0.3, 0.4) is 0 Å².